The molecule has 0 spiro atoms. The quantitative estimate of drug-likeness (QED) is 0.240. The van der Waals surface area contributed by atoms with Gasteiger partial charge in [0.05, 0.1) is 29.6 Å². The van der Waals surface area contributed by atoms with Crippen molar-refractivity contribution in [2.45, 2.75) is 23.7 Å². The highest BCUT2D eigenvalue weighted by atomic mass is 35.5. The van der Waals surface area contributed by atoms with Crippen LogP contribution in [-0.4, -0.2) is 49.4 Å². The van der Waals surface area contributed by atoms with Gasteiger partial charge in [-0.3, -0.25) is 4.79 Å². The smallest absolute Gasteiger partial charge is 0.368 e. The molecule has 1 aromatic heterocycles. The predicted molar refractivity (Wildman–Crippen MR) is 127 cm³/mol. The van der Waals surface area contributed by atoms with Gasteiger partial charge in [0.2, 0.25) is 5.91 Å². The van der Waals surface area contributed by atoms with E-state index in [4.69, 9.17) is 11.6 Å². The second kappa shape index (κ2) is 10.6. The van der Waals surface area contributed by atoms with Crippen LogP contribution in [0.15, 0.2) is 58.1 Å². The van der Waals surface area contributed by atoms with Crippen LogP contribution in [0.5, 0.6) is 0 Å². The first-order chi connectivity index (χ1) is 17.5. The third kappa shape index (κ3) is 6.64. The van der Waals surface area contributed by atoms with Crippen molar-refractivity contribution >= 4 is 39.6 Å². The number of hydrogen-bond acceptors (Lipinski definition) is 4. The van der Waals surface area contributed by atoms with Gasteiger partial charge in [-0.25, -0.2) is 4.68 Å². The molecule has 0 radical (unpaired) electrons. The molecular weight excluding hydrogens is 564 g/mol. The number of halogens is 7. The highest BCUT2D eigenvalue weighted by molar-refractivity contribution is 7.90. The van der Waals surface area contributed by atoms with E-state index in [0.717, 1.165) is 11.0 Å². The summed E-state index contributed by atoms with van der Waals surface area (Å²) in [5.41, 5.74) is -4.71. The highest BCUT2D eigenvalue weighted by Crippen LogP contribution is 2.43. The van der Waals surface area contributed by atoms with Gasteiger partial charge >= 0.3 is 12.4 Å². The van der Waals surface area contributed by atoms with Gasteiger partial charge in [-0.1, -0.05) is 29.8 Å². The van der Waals surface area contributed by atoms with Crippen LogP contribution in [-0.2, 0) is 33.6 Å². The van der Waals surface area contributed by atoms with E-state index in [1.54, 1.807) is 12.1 Å². The zero-order chi connectivity index (χ0) is 28.5. The Morgan fingerprint density at radius 2 is 1.76 bits per heavy atom. The van der Waals surface area contributed by atoms with Crippen LogP contribution < -0.4 is 5.32 Å². The number of sulfonamides is 1. The highest BCUT2D eigenvalue weighted by Gasteiger charge is 2.43. The first-order valence-corrected chi connectivity index (χ1v) is 12.2. The number of rotatable bonds is 7. The van der Waals surface area contributed by atoms with Crippen LogP contribution in [0.1, 0.15) is 16.7 Å². The van der Waals surface area contributed by atoms with E-state index >= 15 is 0 Å². The Bertz CT molecular complexity index is 1480. The van der Waals surface area contributed by atoms with E-state index in [1.165, 1.54) is 26.2 Å². The fraction of sp³-hybridized carbons (Fsp3) is 0.227. The van der Waals surface area contributed by atoms with Crippen molar-refractivity contribution in [1.29, 1.82) is 0 Å². The molecule has 0 saturated heterocycles. The minimum Gasteiger partial charge on any atom is -0.368 e. The van der Waals surface area contributed by atoms with Crippen molar-refractivity contribution in [2.24, 2.45) is 4.40 Å². The lowest BCUT2D eigenvalue weighted by Crippen LogP contribution is -2.22. The molecule has 0 atom stereocenters. The van der Waals surface area contributed by atoms with E-state index in [0.29, 0.717) is 29.5 Å². The monoisotopic (exact) mass is 581 g/mol. The molecule has 38 heavy (non-hydrogen) atoms. The summed E-state index contributed by atoms with van der Waals surface area (Å²) in [5, 5.41) is 5.60. The molecule has 0 aliphatic carbocycles. The van der Waals surface area contributed by atoms with Crippen LogP contribution in [0, 0.1) is 0 Å². The molecule has 2 aromatic carbocycles. The molecule has 0 aliphatic heterocycles. The van der Waals surface area contributed by atoms with Gasteiger partial charge in [-0.2, -0.15) is 39.9 Å². The molecule has 1 amide bonds. The zero-order valence-electron chi connectivity index (χ0n) is 19.5. The van der Waals surface area contributed by atoms with Crippen molar-refractivity contribution in [3.8, 4) is 5.69 Å². The largest absolute Gasteiger partial charge is 0.419 e. The van der Waals surface area contributed by atoms with E-state index < -0.39 is 62.1 Å². The molecule has 0 bridgehead atoms. The molecule has 16 heteroatoms. The van der Waals surface area contributed by atoms with E-state index in [1.807, 2.05) is 5.32 Å². The maximum Gasteiger partial charge on any atom is 0.419 e. The lowest BCUT2D eigenvalue weighted by Gasteiger charge is -2.20. The van der Waals surface area contributed by atoms with Gasteiger partial charge in [-0.15, -0.1) is 4.40 Å². The van der Waals surface area contributed by atoms with Crippen molar-refractivity contribution in [1.82, 2.24) is 14.7 Å². The zero-order valence-corrected chi connectivity index (χ0v) is 21.0. The maximum atomic E-state index is 14.4. The summed E-state index contributed by atoms with van der Waals surface area (Å²) in [6, 6.07) is 7.56. The average Bonchev–Trinajstić information content (AvgIpc) is 3.29. The van der Waals surface area contributed by atoms with Gasteiger partial charge in [0.15, 0.2) is 0 Å². The van der Waals surface area contributed by atoms with E-state index in [9.17, 15) is 39.6 Å². The number of nitrogens with one attached hydrogen (secondary N) is 1. The molecule has 8 nitrogen and oxygen atoms in total. The Morgan fingerprint density at radius 1 is 1.11 bits per heavy atom. The Kier molecular flexibility index (Phi) is 8.12. The Labute approximate surface area is 217 Å². The van der Waals surface area contributed by atoms with Gasteiger partial charge < -0.3 is 10.2 Å². The summed E-state index contributed by atoms with van der Waals surface area (Å²) in [7, 11) is -2.51. The fourth-order valence-corrected chi connectivity index (χ4v) is 4.75. The molecule has 0 saturated carbocycles. The molecule has 1 N–H and O–H groups in total. The molecule has 204 valence electrons. The first kappa shape index (κ1) is 29.0. The summed E-state index contributed by atoms with van der Waals surface area (Å²) < 4.78 is 112. The standard InChI is InChI=1S/C22H18ClF6N5O3S/c1-33(2)12-31-38(36,37)20-17(34-11-14(10-30-34)21(24,25)26)8-7-16(19(20)22(27,28)29)32-18(35)9-13-5-3-4-6-15(13)23/h3-8,10-12H,9H2,1-2H3,(H,32,35)/b31-12+. The Balaban J connectivity index is 2.24. The Morgan fingerprint density at radius 3 is 2.32 bits per heavy atom. The van der Waals surface area contributed by atoms with Crippen molar-refractivity contribution in [3.05, 3.63) is 70.5 Å². The van der Waals surface area contributed by atoms with Crippen LogP contribution in [0.4, 0.5) is 32.0 Å². The number of anilines is 1. The number of alkyl halides is 6. The van der Waals surface area contributed by atoms with Gasteiger partial charge in [0, 0.05) is 25.3 Å². The third-order valence-corrected chi connectivity index (χ3v) is 6.50. The number of amides is 1. The first-order valence-electron chi connectivity index (χ1n) is 10.4. The number of benzene rings is 2. The number of carbonyl (C=O) groups excluding carboxylic acids is 1. The van der Waals surface area contributed by atoms with Gasteiger partial charge in [0.1, 0.15) is 16.8 Å². The summed E-state index contributed by atoms with van der Waals surface area (Å²) in [5.74, 6) is -0.963. The lowest BCUT2D eigenvalue weighted by molar-refractivity contribution is -0.139. The third-order valence-electron chi connectivity index (χ3n) is 4.83. The minimum atomic E-state index is -5.40. The summed E-state index contributed by atoms with van der Waals surface area (Å²) in [4.78, 5) is 12.2. The minimum absolute atomic E-state index is 0.175. The number of aromatic nitrogens is 2. The topological polar surface area (TPSA) is 96.7 Å². The van der Waals surface area contributed by atoms with E-state index in [-0.39, 0.29) is 10.6 Å². The van der Waals surface area contributed by atoms with Crippen molar-refractivity contribution < 1.29 is 39.6 Å². The van der Waals surface area contributed by atoms with Crippen molar-refractivity contribution in [2.75, 3.05) is 19.4 Å². The molecule has 1 heterocycles. The molecule has 0 aliphatic rings. The lowest BCUT2D eigenvalue weighted by atomic mass is 10.1. The van der Waals surface area contributed by atoms with Crippen LogP contribution in [0.2, 0.25) is 5.02 Å². The average molecular weight is 582 g/mol. The summed E-state index contributed by atoms with van der Waals surface area (Å²) in [6.07, 6.45) is -9.40. The number of hydrogen-bond donors (Lipinski definition) is 1. The van der Waals surface area contributed by atoms with Crippen LogP contribution in [0.25, 0.3) is 5.69 Å². The number of nitrogens with zero attached hydrogens (tertiary/aromatic N) is 4. The van der Waals surface area contributed by atoms with E-state index in [2.05, 4.69) is 9.50 Å². The molecule has 3 rings (SSSR count). The second-order valence-corrected chi connectivity index (χ2v) is 9.96. The number of carbonyl (C=O) groups is 1. The van der Waals surface area contributed by atoms with Gasteiger partial charge in [0.25, 0.3) is 10.0 Å². The molecule has 0 unspecified atom stereocenters. The fourth-order valence-electron chi connectivity index (χ4n) is 3.22. The molecular formula is C22H18ClF6N5O3S. The predicted octanol–water partition coefficient (Wildman–Crippen LogP) is 5.02. The van der Waals surface area contributed by atoms with Crippen LogP contribution >= 0.6 is 11.6 Å². The second-order valence-electron chi connectivity index (χ2n) is 7.98. The van der Waals surface area contributed by atoms with Gasteiger partial charge in [-0.05, 0) is 23.8 Å². The van der Waals surface area contributed by atoms with Crippen LogP contribution in [0.3, 0.4) is 0 Å². The maximum absolute atomic E-state index is 14.4. The molecule has 0 fully saturated rings. The summed E-state index contributed by atoms with van der Waals surface area (Å²) >= 11 is 5.99. The molecule has 3 aromatic rings. The normalized spacial score (nSPS) is 12.7. The summed E-state index contributed by atoms with van der Waals surface area (Å²) in [6.45, 7) is 0. The Hall–Kier alpha value is -3.59. The SMILES string of the molecule is CN(C)/C=N/S(=O)(=O)c1c(-n2cc(C(F)(F)F)cn2)ccc(NC(=O)Cc2ccccc2Cl)c1C(F)(F)F. The van der Waals surface area contributed by atoms with Crippen molar-refractivity contribution in [3.63, 3.8) is 0 Å².